The minimum atomic E-state index is -0.0591. The van der Waals surface area contributed by atoms with Crippen LogP contribution in [0.4, 0.5) is 0 Å². The maximum atomic E-state index is 12.7. The van der Waals surface area contributed by atoms with E-state index in [-0.39, 0.29) is 17.9 Å². The molecule has 0 aliphatic carbocycles. The molecule has 46 heavy (non-hydrogen) atoms. The van der Waals surface area contributed by atoms with Crippen LogP contribution < -0.4 is 0 Å². The van der Waals surface area contributed by atoms with Crippen LogP contribution in [0.5, 0.6) is 0 Å². The van der Waals surface area contributed by atoms with Crippen molar-refractivity contribution in [2.75, 3.05) is 33.4 Å². The molecule has 1 heterocycles. The van der Waals surface area contributed by atoms with Gasteiger partial charge in [0.15, 0.2) is 0 Å². The highest BCUT2D eigenvalue weighted by Gasteiger charge is 2.25. The van der Waals surface area contributed by atoms with Crippen molar-refractivity contribution in [2.24, 2.45) is 17.8 Å². The number of likely N-dealkylation sites (tertiary alicyclic amines) is 1. The molecule has 0 aromatic heterocycles. The molecule has 0 radical (unpaired) electrons. The predicted molar refractivity (Wildman–Crippen MR) is 196 cm³/mol. The zero-order valence-electron chi connectivity index (χ0n) is 31.4. The summed E-state index contributed by atoms with van der Waals surface area (Å²) in [4.78, 5) is 27.5. The predicted octanol–water partition coefficient (Wildman–Crippen LogP) is 11.8. The number of unbranched alkanes of at least 4 members (excludes halogenated alkanes) is 15. The average Bonchev–Trinajstić information content (AvgIpc) is 3.05. The molecule has 0 aromatic carbocycles. The van der Waals surface area contributed by atoms with Crippen molar-refractivity contribution in [1.82, 2.24) is 4.90 Å². The van der Waals surface area contributed by atoms with Crippen molar-refractivity contribution >= 4 is 11.9 Å². The van der Waals surface area contributed by atoms with E-state index in [0.29, 0.717) is 25.6 Å². The van der Waals surface area contributed by atoms with Gasteiger partial charge in [-0.15, -0.1) is 0 Å². The van der Waals surface area contributed by atoms with E-state index in [1.807, 2.05) is 0 Å². The molecule has 1 aliphatic heterocycles. The Bertz CT molecular complexity index is 680. The Kier molecular flexibility index (Phi) is 29.1. The van der Waals surface area contributed by atoms with Crippen molar-refractivity contribution < 1.29 is 19.1 Å². The fourth-order valence-corrected chi connectivity index (χ4v) is 7.10. The van der Waals surface area contributed by atoms with Crippen LogP contribution in [0, 0.1) is 17.8 Å². The van der Waals surface area contributed by atoms with Gasteiger partial charge < -0.3 is 14.4 Å². The minimum Gasteiger partial charge on any atom is -0.466 e. The Morgan fingerprint density at radius 2 is 1.00 bits per heavy atom. The monoisotopic (exact) mass is 650 g/mol. The largest absolute Gasteiger partial charge is 0.466 e. The molecule has 1 atom stereocenters. The first-order chi connectivity index (χ1) is 22.5. The first kappa shape index (κ1) is 42.9. The van der Waals surface area contributed by atoms with Gasteiger partial charge in [-0.25, -0.2) is 0 Å². The van der Waals surface area contributed by atoms with Gasteiger partial charge in [-0.05, 0) is 70.5 Å². The van der Waals surface area contributed by atoms with E-state index in [2.05, 4.69) is 32.7 Å². The molecule has 1 saturated heterocycles. The standard InChI is InChI=1S/C41H79NO4/c1-5-8-11-12-13-14-16-22-28-38(36-46-41(44)39-31-33-42(4)34-32-39)29-24-30-40(43)45-35-23-18-15-17-21-27-37(25-19-9-6-2)26-20-10-7-3/h37-39H,5-36H2,1-4H3. The van der Waals surface area contributed by atoms with Gasteiger partial charge in [0.25, 0.3) is 0 Å². The van der Waals surface area contributed by atoms with Gasteiger partial charge >= 0.3 is 11.9 Å². The van der Waals surface area contributed by atoms with Crippen molar-refractivity contribution in [1.29, 1.82) is 0 Å². The SMILES string of the molecule is CCCCCCCCCCC(CCCC(=O)OCCCCCCCC(CCCCC)CCCCC)COC(=O)C1CCN(C)CC1. The van der Waals surface area contributed by atoms with E-state index in [9.17, 15) is 9.59 Å². The van der Waals surface area contributed by atoms with Crippen LogP contribution >= 0.6 is 0 Å². The third-order valence-electron chi connectivity index (χ3n) is 10.4. The van der Waals surface area contributed by atoms with E-state index in [1.165, 1.54) is 128 Å². The topological polar surface area (TPSA) is 55.8 Å². The minimum absolute atomic E-state index is 0.00722. The molecule has 1 fully saturated rings. The summed E-state index contributed by atoms with van der Waals surface area (Å²) in [6, 6.07) is 0. The molecular weight excluding hydrogens is 570 g/mol. The summed E-state index contributed by atoms with van der Waals surface area (Å²) in [5.41, 5.74) is 0. The molecule has 1 aliphatic rings. The summed E-state index contributed by atoms with van der Waals surface area (Å²) < 4.78 is 11.5. The van der Waals surface area contributed by atoms with Crippen molar-refractivity contribution in [2.45, 2.75) is 201 Å². The van der Waals surface area contributed by atoms with Crippen LogP contribution in [0.15, 0.2) is 0 Å². The molecule has 1 rings (SSSR count). The van der Waals surface area contributed by atoms with E-state index < -0.39 is 0 Å². The molecule has 0 aromatic rings. The zero-order valence-corrected chi connectivity index (χ0v) is 31.4. The number of nitrogens with zero attached hydrogens (tertiary/aromatic N) is 1. The van der Waals surface area contributed by atoms with E-state index >= 15 is 0 Å². The number of esters is 2. The van der Waals surface area contributed by atoms with Crippen LogP contribution in [0.1, 0.15) is 201 Å². The number of ether oxygens (including phenoxy) is 2. The van der Waals surface area contributed by atoms with Gasteiger partial charge in [0.05, 0.1) is 19.1 Å². The Balaban J connectivity index is 2.23. The number of hydrogen-bond acceptors (Lipinski definition) is 5. The third kappa shape index (κ3) is 25.0. The zero-order chi connectivity index (χ0) is 33.5. The Hall–Kier alpha value is -1.10. The molecule has 5 heteroatoms. The number of hydrogen-bond donors (Lipinski definition) is 0. The molecule has 272 valence electrons. The normalized spacial score (nSPS) is 15.0. The molecule has 0 spiro atoms. The number of carbonyl (C=O) groups excluding carboxylic acids is 2. The summed E-state index contributed by atoms with van der Waals surface area (Å²) in [5.74, 6) is 1.27. The van der Waals surface area contributed by atoms with Crippen molar-refractivity contribution in [3.63, 3.8) is 0 Å². The van der Waals surface area contributed by atoms with Crippen molar-refractivity contribution in [3.05, 3.63) is 0 Å². The average molecular weight is 650 g/mol. The first-order valence-electron chi connectivity index (χ1n) is 20.5. The summed E-state index contributed by atoms with van der Waals surface area (Å²) in [5, 5.41) is 0. The van der Waals surface area contributed by atoms with Crippen LogP contribution in [-0.4, -0.2) is 50.2 Å². The third-order valence-corrected chi connectivity index (χ3v) is 10.4. The molecular formula is C41H79NO4. The first-order valence-corrected chi connectivity index (χ1v) is 20.5. The van der Waals surface area contributed by atoms with Gasteiger partial charge in [0.1, 0.15) is 0 Å². The highest BCUT2D eigenvalue weighted by atomic mass is 16.5. The summed E-state index contributed by atoms with van der Waals surface area (Å²) in [7, 11) is 2.12. The molecule has 1 unspecified atom stereocenters. The van der Waals surface area contributed by atoms with Gasteiger partial charge in [-0.1, -0.05) is 156 Å². The Morgan fingerprint density at radius 1 is 0.565 bits per heavy atom. The second-order valence-corrected chi connectivity index (χ2v) is 14.9. The number of piperidine rings is 1. The summed E-state index contributed by atoms with van der Waals surface area (Å²) in [6.07, 6.45) is 34.1. The lowest BCUT2D eigenvalue weighted by Crippen LogP contribution is -2.34. The van der Waals surface area contributed by atoms with E-state index in [0.717, 1.165) is 64.0 Å². The molecule has 0 saturated carbocycles. The van der Waals surface area contributed by atoms with Crippen LogP contribution in [0.3, 0.4) is 0 Å². The van der Waals surface area contributed by atoms with Gasteiger partial charge in [0, 0.05) is 6.42 Å². The van der Waals surface area contributed by atoms with Crippen molar-refractivity contribution in [3.8, 4) is 0 Å². The highest BCUT2D eigenvalue weighted by Crippen LogP contribution is 2.24. The number of rotatable bonds is 32. The lowest BCUT2D eigenvalue weighted by Gasteiger charge is -2.28. The molecule has 0 bridgehead atoms. The van der Waals surface area contributed by atoms with E-state index in [4.69, 9.17) is 9.47 Å². The van der Waals surface area contributed by atoms with Gasteiger partial charge in [-0.2, -0.15) is 0 Å². The smallest absolute Gasteiger partial charge is 0.309 e. The Morgan fingerprint density at radius 3 is 1.57 bits per heavy atom. The molecule has 5 nitrogen and oxygen atoms in total. The molecule has 0 N–H and O–H groups in total. The summed E-state index contributed by atoms with van der Waals surface area (Å²) in [6.45, 7) is 9.89. The second kappa shape index (κ2) is 31.2. The molecule has 0 amide bonds. The van der Waals surface area contributed by atoms with E-state index in [1.54, 1.807) is 0 Å². The fraction of sp³-hybridized carbons (Fsp3) is 0.951. The maximum Gasteiger partial charge on any atom is 0.309 e. The maximum absolute atomic E-state index is 12.7. The Labute approximate surface area is 287 Å². The van der Waals surface area contributed by atoms with Crippen LogP contribution in [-0.2, 0) is 19.1 Å². The van der Waals surface area contributed by atoms with Gasteiger partial charge in [0.2, 0.25) is 0 Å². The highest BCUT2D eigenvalue weighted by molar-refractivity contribution is 5.72. The lowest BCUT2D eigenvalue weighted by atomic mass is 9.90. The van der Waals surface area contributed by atoms with Gasteiger partial charge in [-0.3, -0.25) is 9.59 Å². The van der Waals surface area contributed by atoms with Crippen LogP contribution in [0.2, 0.25) is 0 Å². The quantitative estimate of drug-likeness (QED) is 0.0536. The summed E-state index contributed by atoms with van der Waals surface area (Å²) >= 11 is 0. The second-order valence-electron chi connectivity index (χ2n) is 14.9. The fourth-order valence-electron chi connectivity index (χ4n) is 7.10. The van der Waals surface area contributed by atoms with Crippen LogP contribution in [0.25, 0.3) is 0 Å². The number of carbonyl (C=O) groups is 2. The lowest BCUT2D eigenvalue weighted by molar-refractivity contribution is -0.152.